The summed E-state index contributed by atoms with van der Waals surface area (Å²) >= 11 is 0. The number of carbonyl (C=O) groups is 1. The van der Waals surface area contributed by atoms with Gasteiger partial charge < -0.3 is 5.11 Å². The van der Waals surface area contributed by atoms with Gasteiger partial charge in [-0.25, -0.2) is 0 Å². The van der Waals surface area contributed by atoms with Crippen LogP contribution in [0.5, 0.6) is 0 Å². The van der Waals surface area contributed by atoms with Crippen molar-refractivity contribution in [3.63, 3.8) is 0 Å². The van der Waals surface area contributed by atoms with Crippen molar-refractivity contribution in [2.24, 2.45) is 17.3 Å². The van der Waals surface area contributed by atoms with Crippen LogP contribution in [-0.2, 0) is 4.79 Å². The number of rotatable bonds is 1. The van der Waals surface area contributed by atoms with Crippen LogP contribution in [0.3, 0.4) is 0 Å². The first-order valence-electron chi connectivity index (χ1n) is 4.69. The first kappa shape index (κ1) is 9.56. The van der Waals surface area contributed by atoms with Crippen molar-refractivity contribution in [1.82, 2.24) is 0 Å². The molecule has 0 bridgehead atoms. The van der Waals surface area contributed by atoms with Crippen LogP contribution in [0.2, 0.25) is 0 Å². The molecule has 70 valence electrons. The lowest BCUT2D eigenvalue weighted by Crippen LogP contribution is -2.39. The molecule has 1 N–H and O–H groups in total. The van der Waals surface area contributed by atoms with Crippen LogP contribution in [0.4, 0.5) is 0 Å². The molecule has 1 saturated carbocycles. The molecular weight excluding hydrogens is 152 g/mol. The van der Waals surface area contributed by atoms with Crippen molar-refractivity contribution < 1.29 is 9.90 Å². The highest BCUT2D eigenvalue weighted by Gasteiger charge is 2.41. The van der Waals surface area contributed by atoms with Gasteiger partial charge in [0.15, 0.2) is 0 Å². The summed E-state index contributed by atoms with van der Waals surface area (Å²) in [5, 5.41) is 8.99. The number of hydrogen-bond acceptors (Lipinski definition) is 1. The molecular formula is C10H18O2. The SMILES string of the molecule is C[C@H]1CCC[C@H](C(=O)O)C1(C)C. The van der Waals surface area contributed by atoms with Crippen LogP contribution >= 0.6 is 0 Å². The molecule has 0 saturated heterocycles. The van der Waals surface area contributed by atoms with E-state index in [0.29, 0.717) is 5.92 Å². The number of carboxylic acids is 1. The Morgan fingerprint density at radius 3 is 2.42 bits per heavy atom. The van der Waals surface area contributed by atoms with Gasteiger partial charge in [-0.3, -0.25) is 4.79 Å². The van der Waals surface area contributed by atoms with Crippen molar-refractivity contribution in [1.29, 1.82) is 0 Å². The summed E-state index contributed by atoms with van der Waals surface area (Å²) < 4.78 is 0. The van der Waals surface area contributed by atoms with Gasteiger partial charge >= 0.3 is 5.97 Å². The first-order chi connectivity index (χ1) is 5.46. The number of carboxylic acid groups (broad SMARTS) is 1. The van der Waals surface area contributed by atoms with Gasteiger partial charge in [0.2, 0.25) is 0 Å². The Morgan fingerprint density at radius 1 is 1.42 bits per heavy atom. The van der Waals surface area contributed by atoms with Crippen molar-refractivity contribution in [3.8, 4) is 0 Å². The Balaban J connectivity index is 2.79. The largest absolute Gasteiger partial charge is 0.481 e. The average Bonchev–Trinajstić information content (AvgIpc) is 1.94. The molecule has 2 heteroatoms. The summed E-state index contributed by atoms with van der Waals surface area (Å²) in [5.74, 6) is -0.222. The van der Waals surface area contributed by atoms with Crippen LogP contribution < -0.4 is 0 Å². The lowest BCUT2D eigenvalue weighted by molar-refractivity contribution is -0.149. The second-order valence-corrected chi connectivity index (χ2v) is 4.54. The van der Waals surface area contributed by atoms with E-state index in [9.17, 15) is 4.79 Å². The standard InChI is InChI=1S/C10H18O2/c1-7-5-4-6-8(9(11)12)10(7,2)3/h7-8H,4-6H2,1-3H3,(H,11,12)/t7-,8+/m0/s1. The van der Waals surface area contributed by atoms with Gasteiger partial charge in [-0.1, -0.05) is 33.6 Å². The molecule has 0 amide bonds. The molecule has 1 aliphatic carbocycles. The third-order valence-electron chi connectivity index (χ3n) is 3.60. The van der Waals surface area contributed by atoms with E-state index in [2.05, 4.69) is 20.8 Å². The summed E-state index contributed by atoms with van der Waals surface area (Å²) in [6, 6.07) is 0. The van der Waals surface area contributed by atoms with Crippen molar-refractivity contribution in [2.75, 3.05) is 0 Å². The van der Waals surface area contributed by atoms with E-state index >= 15 is 0 Å². The molecule has 0 unspecified atom stereocenters. The summed E-state index contributed by atoms with van der Waals surface area (Å²) in [7, 11) is 0. The predicted molar refractivity (Wildman–Crippen MR) is 47.9 cm³/mol. The Labute approximate surface area is 74.0 Å². The third-order valence-corrected chi connectivity index (χ3v) is 3.60. The second kappa shape index (κ2) is 3.08. The molecule has 2 nitrogen and oxygen atoms in total. The summed E-state index contributed by atoms with van der Waals surface area (Å²) in [4.78, 5) is 10.9. The van der Waals surface area contributed by atoms with Crippen molar-refractivity contribution in [3.05, 3.63) is 0 Å². The Morgan fingerprint density at radius 2 is 2.00 bits per heavy atom. The zero-order valence-corrected chi connectivity index (χ0v) is 8.13. The lowest BCUT2D eigenvalue weighted by Gasteiger charge is -2.41. The van der Waals surface area contributed by atoms with E-state index in [-0.39, 0.29) is 11.3 Å². The minimum absolute atomic E-state index is 0.0237. The molecule has 1 aliphatic rings. The fraction of sp³-hybridized carbons (Fsp3) is 0.900. The highest BCUT2D eigenvalue weighted by Crippen LogP contribution is 2.44. The Hall–Kier alpha value is -0.530. The van der Waals surface area contributed by atoms with Crippen LogP contribution in [0.1, 0.15) is 40.0 Å². The first-order valence-corrected chi connectivity index (χ1v) is 4.69. The summed E-state index contributed by atoms with van der Waals surface area (Å²) in [6.45, 7) is 6.32. The maximum atomic E-state index is 10.9. The second-order valence-electron chi connectivity index (χ2n) is 4.54. The fourth-order valence-corrected chi connectivity index (χ4v) is 2.16. The van der Waals surface area contributed by atoms with E-state index in [1.54, 1.807) is 0 Å². The van der Waals surface area contributed by atoms with E-state index in [4.69, 9.17) is 5.11 Å². The Kier molecular flexibility index (Phi) is 2.45. The van der Waals surface area contributed by atoms with Gasteiger partial charge in [-0.05, 0) is 17.8 Å². The maximum absolute atomic E-state index is 10.9. The monoisotopic (exact) mass is 170 g/mol. The average molecular weight is 170 g/mol. The molecule has 0 heterocycles. The van der Waals surface area contributed by atoms with Crippen molar-refractivity contribution >= 4 is 5.97 Å². The summed E-state index contributed by atoms with van der Waals surface area (Å²) in [5.41, 5.74) is -0.0237. The molecule has 0 radical (unpaired) electrons. The van der Waals surface area contributed by atoms with Gasteiger partial charge in [0, 0.05) is 0 Å². The maximum Gasteiger partial charge on any atom is 0.307 e. The molecule has 2 atom stereocenters. The normalized spacial score (nSPS) is 34.6. The zero-order chi connectivity index (χ0) is 9.35. The number of hydrogen-bond donors (Lipinski definition) is 1. The van der Waals surface area contributed by atoms with Gasteiger partial charge in [0.05, 0.1) is 5.92 Å². The van der Waals surface area contributed by atoms with Crippen molar-refractivity contribution in [2.45, 2.75) is 40.0 Å². The number of aliphatic carboxylic acids is 1. The molecule has 0 aromatic carbocycles. The van der Waals surface area contributed by atoms with E-state index in [1.165, 1.54) is 6.42 Å². The van der Waals surface area contributed by atoms with E-state index < -0.39 is 5.97 Å². The predicted octanol–water partition coefficient (Wildman–Crippen LogP) is 2.53. The zero-order valence-electron chi connectivity index (χ0n) is 8.13. The van der Waals surface area contributed by atoms with E-state index in [0.717, 1.165) is 12.8 Å². The van der Waals surface area contributed by atoms with Crippen LogP contribution in [-0.4, -0.2) is 11.1 Å². The molecule has 1 fully saturated rings. The topological polar surface area (TPSA) is 37.3 Å². The summed E-state index contributed by atoms with van der Waals surface area (Å²) in [6.07, 6.45) is 3.10. The van der Waals surface area contributed by atoms with Gasteiger partial charge in [-0.2, -0.15) is 0 Å². The minimum Gasteiger partial charge on any atom is -0.481 e. The van der Waals surface area contributed by atoms with E-state index in [1.807, 2.05) is 0 Å². The molecule has 0 aliphatic heterocycles. The fourth-order valence-electron chi connectivity index (χ4n) is 2.16. The molecule has 12 heavy (non-hydrogen) atoms. The molecule has 0 aromatic rings. The smallest absolute Gasteiger partial charge is 0.307 e. The van der Waals surface area contributed by atoms with Gasteiger partial charge in [0.25, 0.3) is 0 Å². The van der Waals surface area contributed by atoms with Crippen LogP contribution in [0.15, 0.2) is 0 Å². The highest BCUT2D eigenvalue weighted by atomic mass is 16.4. The Bertz CT molecular complexity index is 184. The minimum atomic E-state index is -0.619. The van der Waals surface area contributed by atoms with Crippen LogP contribution in [0.25, 0.3) is 0 Å². The third kappa shape index (κ3) is 1.47. The lowest BCUT2D eigenvalue weighted by atomic mass is 9.63. The quantitative estimate of drug-likeness (QED) is 0.656. The highest BCUT2D eigenvalue weighted by molar-refractivity contribution is 5.71. The van der Waals surface area contributed by atoms with Gasteiger partial charge in [-0.15, -0.1) is 0 Å². The molecule has 1 rings (SSSR count). The van der Waals surface area contributed by atoms with Crippen LogP contribution in [0, 0.1) is 17.3 Å². The van der Waals surface area contributed by atoms with Gasteiger partial charge in [0.1, 0.15) is 0 Å². The molecule has 0 spiro atoms. The molecule has 0 aromatic heterocycles.